The van der Waals surface area contributed by atoms with Crippen molar-refractivity contribution in [3.05, 3.63) is 53.2 Å². The van der Waals surface area contributed by atoms with Crippen molar-refractivity contribution < 1.29 is 20.1 Å². The molecule has 3 rings (SSSR count). The fourth-order valence-electron chi connectivity index (χ4n) is 2.65. The van der Waals surface area contributed by atoms with Crippen molar-refractivity contribution in [2.45, 2.75) is 13.3 Å². The van der Waals surface area contributed by atoms with Gasteiger partial charge in [0, 0.05) is 29.2 Å². The van der Waals surface area contributed by atoms with E-state index >= 15 is 0 Å². The van der Waals surface area contributed by atoms with Crippen molar-refractivity contribution in [3.8, 4) is 17.2 Å². The maximum Gasteiger partial charge on any atom is 0.251 e. The van der Waals surface area contributed by atoms with Gasteiger partial charge in [0.2, 0.25) is 0 Å². The van der Waals surface area contributed by atoms with Gasteiger partial charge in [0.1, 0.15) is 0 Å². The average molecular weight is 326 g/mol. The summed E-state index contributed by atoms with van der Waals surface area (Å²) in [6, 6.07) is 8.38. The maximum absolute atomic E-state index is 12.1. The first-order valence-electron chi connectivity index (χ1n) is 7.55. The summed E-state index contributed by atoms with van der Waals surface area (Å²) in [6.07, 6.45) is 2.57. The number of fused-ring (bicyclic) bond motifs is 1. The molecule has 0 aliphatic heterocycles. The van der Waals surface area contributed by atoms with E-state index in [1.807, 2.05) is 25.3 Å². The van der Waals surface area contributed by atoms with Gasteiger partial charge in [-0.2, -0.15) is 0 Å². The summed E-state index contributed by atoms with van der Waals surface area (Å²) < 4.78 is 0. The van der Waals surface area contributed by atoms with Crippen molar-refractivity contribution in [2.75, 3.05) is 6.54 Å². The number of aromatic amines is 1. The number of aromatic hydroxyl groups is 3. The molecule has 0 fully saturated rings. The molecule has 0 saturated heterocycles. The smallest absolute Gasteiger partial charge is 0.251 e. The summed E-state index contributed by atoms with van der Waals surface area (Å²) in [5, 5.41) is 32.1. The minimum absolute atomic E-state index is 0.0811. The third-order valence-corrected chi connectivity index (χ3v) is 3.93. The van der Waals surface area contributed by atoms with Crippen molar-refractivity contribution in [3.63, 3.8) is 0 Å². The molecule has 2 aromatic carbocycles. The number of hydrogen-bond acceptors (Lipinski definition) is 4. The topological polar surface area (TPSA) is 106 Å². The van der Waals surface area contributed by atoms with Gasteiger partial charge in [0.15, 0.2) is 17.2 Å². The quantitative estimate of drug-likeness (QED) is 0.475. The van der Waals surface area contributed by atoms with Gasteiger partial charge < -0.3 is 25.6 Å². The minimum atomic E-state index is -0.638. The summed E-state index contributed by atoms with van der Waals surface area (Å²) in [7, 11) is 0. The number of aryl methyl sites for hydroxylation is 1. The monoisotopic (exact) mass is 326 g/mol. The van der Waals surface area contributed by atoms with Gasteiger partial charge in [-0.3, -0.25) is 4.79 Å². The van der Waals surface area contributed by atoms with Gasteiger partial charge in [0.25, 0.3) is 5.91 Å². The van der Waals surface area contributed by atoms with Gasteiger partial charge in [-0.25, -0.2) is 0 Å². The van der Waals surface area contributed by atoms with Crippen LogP contribution in [-0.4, -0.2) is 32.8 Å². The van der Waals surface area contributed by atoms with E-state index in [0.717, 1.165) is 28.6 Å². The van der Waals surface area contributed by atoms with Crippen molar-refractivity contribution in [1.29, 1.82) is 0 Å². The molecule has 1 aromatic heterocycles. The molecule has 0 unspecified atom stereocenters. The van der Waals surface area contributed by atoms with Crippen LogP contribution < -0.4 is 5.32 Å². The van der Waals surface area contributed by atoms with E-state index in [1.165, 1.54) is 5.56 Å². The first-order chi connectivity index (χ1) is 11.5. The number of carbonyl (C=O) groups excluding carboxylic acids is 1. The van der Waals surface area contributed by atoms with Gasteiger partial charge in [-0.15, -0.1) is 0 Å². The van der Waals surface area contributed by atoms with Crippen LogP contribution in [0.5, 0.6) is 17.2 Å². The zero-order chi connectivity index (χ0) is 17.3. The second-order valence-electron chi connectivity index (χ2n) is 5.73. The van der Waals surface area contributed by atoms with E-state index in [-0.39, 0.29) is 5.56 Å². The van der Waals surface area contributed by atoms with Crippen LogP contribution in [0.2, 0.25) is 0 Å². The third-order valence-electron chi connectivity index (χ3n) is 3.93. The van der Waals surface area contributed by atoms with Gasteiger partial charge >= 0.3 is 0 Å². The molecule has 6 nitrogen and oxygen atoms in total. The summed E-state index contributed by atoms with van der Waals surface area (Å²) in [4.78, 5) is 15.3. The van der Waals surface area contributed by atoms with Crippen LogP contribution in [0.1, 0.15) is 21.5 Å². The number of nitrogens with one attached hydrogen (secondary N) is 2. The Kier molecular flexibility index (Phi) is 4.04. The number of phenols is 3. The van der Waals surface area contributed by atoms with E-state index in [1.54, 1.807) is 0 Å². The van der Waals surface area contributed by atoms with E-state index in [4.69, 9.17) is 0 Å². The number of benzene rings is 2. The number of hydrogen-bond donors (Lipinski definition) is 5. The van der Waals surface area contributed by atoms with Crippen LogP contribution in [0.15, 0.2) is 36.5 Å². The predicted octanol–water partition coefficient (Wildman–Crippen LogP) is 2.57. The SMILES string of the molecule is Cc1ccc2[nH]cc(CCNC(=O)c3cc(O)c(O)c(O)c3)c2c1. The third kappa shape index (κ3) is 2.99. The fourth-order valence-corrected chi connectivity index (χ4v) is 2.65. The molecule has 0 aliphatic carbocycles. The molecule has 0 saturated carbocycles. The van der Waals surface area contributed by atoms with E-state index < -0.39 is 23.2 Å². The van der Waals surface area contributed by atoms with Crippen LogP contribution in [0.3, 0.4) is 0 Å². The predicted molar refractivity (Wildman–Crippen MR) is 90.5 cm³/mol. The average Bonchev–Trinajstić information content (AvgIpc) is 2.94. The molecule has 1 heterocycles. The molecule has 0 radical (unpaired) electrons. The first-order valence-corrected chi connectivity index (χ1v) is 7.55. The lowest BCUT2D eigenvalue weighted by atomic mass is 10.1. The van der Waals surface area contributed by atoms with E-state index in [2.05, 4.69) is 16.4 Å². The number of aromatic nitrogens is 1. The minimum Gasteiger partial charge on any atom is -0.504 e. The molecule has 0 atom stereocenters. The highest BCUT2D eigenvalue weighted by Gasteiger charge is 2.13. The molecular formula is C18H18N2O4. The van der Waals surface area contributed by atoms with Gasteiger partial charge in [0.05, 0.1) is 0 Å². The largest absolute Gasteiger partial charge is 0.504 e. The molecule has 0 bridgehead atoms. The van der Waals surface area contributed by atoms with Crippen molar-refractivity contribution >= 4 is 16.8 Å². The van der Waals surface area contributed by atoms with Gasteiger partial charge in [-0.1, -0.05) is 11.6 Å². The molecule has 5 N–H and O–H groups in total. The zero-order valence-electron chi connectivity index (χ0n) is 13.1. The Balaban J connectivity index is 1.67. The number of rotatable bonds is 4. The lowest BCUT2D eigenvalue weighted by molar-refractivity contribution is 0.0953. The molecule has 0 spiro atoms. The molecule has 6 heteroatoms. The Morgan fingerprint density at radius 1 is 1.12 bits per heavy atom. The van der Waals surface area contributed by atoms with E-state index in [9.17, 15) is 20.1 Å². The number of H-pyrrole nitrogens is 1. The highest BCUT2D eigenvalue weighted by atomic mass is 16.3. The second-order valence-corrected chi connectivity index (χ2v) is 5.73. The van der Waals surface area contributed by atoms with E-state index in [0.29, 0.717) is 13.0 Å². The Labute approximate surface area is 138 Å². The lowest BCUT2D eigenvalue weighted by Crippen LogP contribution is -2.25. The van der Waals surface area contributed by atoms with Crippen LogP contribution >= 0.6 is 0 Å². The summed E-state index contributed by atoms with van der Waals surface area (Å²) in [6.45, 7) is 2.43. The zero-order valence-corrected chi connectivity index (χ0v) is 13.1. The fraction of sp³-hybridized carbons (Fsp3) is 0.167. The van der Waals surface area contributed by atoms with Crippen LogP contribution in [0, 0.1) is 6.92 Å². The van der Waals surface area contributed by atoms with Crippen LogP contribution in [0.4, 0.5) is 0 Å². The highest BCUT2D eigenvalue weighted by molar-refractivity contribution is 5.95. The standard InChI is InChI=1S/C18H18N2O4/c1-10-2-3-14-13(6-10)11(9-20-14)4-5-19-18(24)12-7-15(21)17(23)16(22)8-12/h2-3,6-9,20-23H,4-5H2,1H3,(H,19,24). The first kappa shape index (κ1) is 15.7. The number of amides is 1. The van der Waals surface area contributed by atoms with Crippen molar-refractivity contribution in [2.24, 2.45) is 0 Å². The van der Waals surface area contributed by atoms with Crippen molar-refractivity contribution in [1.82, 2.24) is 10.3 Å². The molecule has 1 amide bonds. The number of phenolic OH excluding ortho intramolecular Hbond substituents is 3. The summed E-state index contributed by atoms with van der Waals surface area (Å²) in [5.41, 5.74) is 3.40. The highest BCUT2D eigenvalue weighted by Crippen LogP contribution is 2.35. The Morgan fingerprint density at radius 3 is 2.54 bits per heavy atom. The molecule has 3 aromatic rings. The molecule has 0 aliphatic rings. The molecular weight excluding hydrogens is 308 g/mol. The normalized spacial score (nSPS) is 10.9. The maximum atomic E-state index is 12.1. The molecule has 24 heavy (non-hydrogen) atoms. The lowest BCUT2D eigenvalue weighted by Gasteiger charge is -2.07. The summed E-state index contributed by atoms with van der Waals surface area (Å²) >= 11 is 0. The van der Waals surface area contributed by atoms with Crippen LogP contribution in [-0.2, 0) is 6.42 Å². The Morgan fingerprint density at radius 2 is 1.83 bits per heavy atom. The van der Waals surface area contributed by atoms with Gasteiger partial charge in [-0.05, 0) is 43.2 Å². The summed E-state index contributed by atoms with van der Waals surface area (Å²) in [5.74, 6) is -2.14. The number of carbonyl (C=O) groups is 1. The Hall–Kier alpha value is -3.15. The second kappa shape index (κ2) is 6.16. The van der Waals surface area contributed by atoms with Crippen LogP contribution in [0.25, 0.3) is 10.9 Å². The Bertz CT molecular complexity index is 892. The molecule has 124 valence electrons.